The number of hydrogen-bond donors (Lipinski definition) is 1. The second kappa shape index (κ2) is 8.08. The van der Waals surface area contributed by atoms with Crippen LogP contribution in [0.4, 0.5) is 5.69 Å². The van der Waals surface area contributed by atoms with Crippen LogP contribution in [0.15, 0.2) is 33.8 Å². The molecule has 17 heavy (non-hydrogen) atoms. The summed E-state index contributed by atoms with van der Waals surface area (Å²) in [7, 11) is 0. The highest BCUT2D eigenvalue weighted by Crippen LogP contribution is 2.13. The number of ether oxygens (including phenoxy) is 1. The van der Waals surface area contributed by atoms with Crippen molar-refractivity contribution in [1.82, 2.24) is 0 Å². The Morgan fingerprint density at radius 1 is 1.41 bits per heavy atom. The molecule has 0 aromatic heterocycles. The van der Waals surface area contributed by atoms with Gasteiger partial charge in [0, 0.05) is 4.47 Å². The van der Waals surface area contributed by atoms with E-state index in [0.29, 0.717) is 12.3 Å². The van der Waals surface area contributed by atoms with E-state index in [9.17, 15) is 4.79 Å². The van der Waals surface area contributed by atoms with Crippen LogP contribution in [-0.2, 0) is 9.53 Å². The van der Waals surface area contributed by atoms with Crippen LogP contribution < -0.4 is 5.43 Å². The Kier molecular flexibility index (Phi) is 7.58. The van der Waals surface area contributed by atoms with Gasteiger partial charge >= 0.3 is 5.97 Å². The number of benzene rings is 1. The van der Waals surface area contributed by atoms with Gasteiger partial charge in [-0.3, -0.25) is 5.43 Å². The number of carbonyl (C=O) groups excluding carboxylic acids is 1. The molecule has 1 aromatic carbocycles. The number of anilines is 1. The Balaban J connectivity index is 0.00000256. The number of esters is 1. The summed E-state index contributed by atoms with van der Waals surface area (Å²) in [6.07, 6.45) is 0. The summed E-state index contributed by atoms with van der Waals surface area (Å²) in [5.41, 5.74) is 3.89. The quantitative estimate of drug-likeness (QED) is 0.526. The molecule has 94 valence electrons. The minimum absolute atomic E-state index is 0. The molecule has 0 saturated heterocycles. The van der Waals surface area contributed by atoms with Crippen LogP contribution in [0.25, 0.3) is 0 Å². The van der Waals surface area contributed by atoms with E-state index in [1.807, 2.05) is 24.3 Å². The average Bonchev–Trinajstić information content (AvgIpc) is 2.28. The van der Waals surface area contributed by atoms with Crippen LogP contribution in [0.3, 0.4) is 0 Å². The summed E-state index contributed by atoms with van der Waals surface area (Å²) in [6, 6.07) is 7.48. The highest BCUT2D eigenvalue weighted by Gasteiger charge is 2.05. The molecular weight excluding hydrogens is 307 g/mol. The van der Waals surface area contributed by atoms with Gasteiger partial charge in [0.15, 0.2) is 0 Å². The van der Waals surface area contributed by atoms with E-state index in [4.69, 9.17) is 4.74 Å². The lowest BCUT2D eigenvalue weighted by molar-refractivity contribution is -0.135. The van der Waals surface area contributed by atoms with Crippen molar-refractivity contribution in [3.63, 3.8) is 0 Å². The highest BCUT2D eigenvalue weighted by atomic mass is 79.9. The molecule has 1 rings (SSSR count). The van der Waals surface area contributed by atoms with Crippen molar-refractivity contribution in [2.45, 2.75) is 13.8 Å². The van der Waals surface area contributed by atoms with Crippen LogP contribution in [0, 0.1) is 0 Å². The zero-order chi connectivity index (χ0) is 12.0. The second-order valence-electron chi connectivity index (χ2n) is 3.04. The molecule has 0 saturated carbocycles. The number of hydrazone groups is 1. The Hall–Kier alpha value is -1.07. The Morgan fingerprint density at radius 2 is 2.00 bits per heavy atom. The molecule has 0 bridgehead atoms. The van der Waals surface area contributed by atoms with Gasteiger partial charge < -0.3 is 4.74 Å². The highest BCUT2D eigenvalue weighted by molar-refractivity contribution is 9.10. The maximum Gasteiger partial charge on any atom is 0.354 e. The van der Waals surface area contributed by atoms with E-state index in [2.05, 4.69) is 26.5 Å². The number of hydrogen-bond acceptors (Lipinski definition) is 4. The Bertz CT molecular complexity index is 393. The number of nitrogens with one attached hydrogen (secondary N) is 1. The summed E-state index contributed by atoms with van der Waals surface area (Å²) in [5, 5.41) is 3.92. The van der Waals surface area contributed by atoms with Gasteiger partial charge in [-0.05, 0) is 38.1 Å². The van der Waals surface area contributed by atoms with Crippen LogP contribution in [0.5, 0.6) is 0 Å². The van der Waals surface area contributed by atoms with Crippen molar-refractivity contribution in [2.24, 2.45) is 5.10 Å². The summed E-state index contributed by atoms with van der Waals surface area (Å²) in [4.78, 5) is 11.2. The molecule has 6 heteroatoms. The molecule has 0 fully saturated rings. The van der Waals surface area contributed by atoms with Crippen LogP contribution in [0.1, 0.15) is 13.8 Å². The number of halogens is 2. The molecule has 0 aliphatic carbocycles. The third-order valence-corrected chi connectivity index (χ3v) is 2.30. The zero-order valence-electron chi connectivity index (χ0n) is 9.57. The molecule has 0 spiro atoms. The van der Waals surface area contributed by atoms with Crippen LogP contribution in [-0.4, -0.2) is 18.3 Å². The Labute approximate surface area is 115 Å². The molecule has 0 heterocycles. The van der Waals surface area contributed by atoms with Gasteiger partial charge in [-0.1, -0.05) is 15.9 Å². The largest absolute Gasteiger partial charge is 0.461 e. The minimum atomic E-state index is -0.410. The summed E-state index contributed by atoms with van der Waals surface area (Å²) < 4.78 is 5.78. The molecule has 0 radical (unpaired) electrons. The first-order valence-corrected chi connectivity index (χ1v) is 5.65. The topological polar surface area (TPSA) is 50.7 Å². The van der Waals surface area contributed by atoms with Gasteiger partial charge in [0.05, 0.1) is 12.3 Å². The van der Waals surface area contributed by atoms with Gasteiger partial charge in [0.1, 0.15) is 5.71 Å². The molecule has 0 atom stereocenters. The van der Waals surface area contributed by atoms with E-state index in [1.54, 1.807) is 13.8 Å². The van der Waals surface area contributed by atoms with Gasteiger partial charge in [-0.15, -0.1) is 12.4 Å². The van der Waals surface area contributed by atoms with Gasteiger partial charge in [-0.25, -0.2) is 4.79 Å². The lowest BCUT2D eigenvalue weighted by atomic mass is 10.3. The van der Waals surface area contributed by atoms with Crippen molar-refractivity contribution >= 4 is 45.7 Å². The molecular formula is C11H14BrClN2O2. The maximum absolute atomic E-state index is 11.2. The van der Waals surface area contributed by atoms with Crippen LogP contribution >= 0.6 is 28.3 Å². The van der Waals surface area contributed by atoms with Crippen LogP contribution in [0.2, 0.25) is 0 Å². The van der Waals surface area contributed by atoms with E-state index < -0.39 is 5.97 Å². The molecule has 1 aromatic rings. The van der Waals surface area contributed by atoms with E-state index >= 15 is 0 Å². The molecule has 0 amide bonds. The molecule has 1 N–H and O–H groups in total. The molecule has 0 aliphatic heterocycles. The number of rotatable bonds is 4. The fraction of sp³-hybridized carbons (Fsp3) is 0.273. The first-order valence-electron chi connectivity index (χ1n) is 4.86. The third kappa shape index (κ3) is 5.70. The monoisotopic (exact) mass is 320 g/mol. The average molecular weight is 322 g/mol. The first kappa shape index (κ1) is 15.9. The standard InChI is InChI=1S/C11H13BrN2O2.ClH/c1-3-16-11(15)8(2)13-14-10-6-4-9(12)5-7-10;/h4-7,14H,3H2,1-2H3;1H. The van der Waals surface area contributed by atoms with E-state index in [0.717, 1.165) is 10.2 Å². The molecule has 4 nitrogen and oxygen atoms in total. The second-order valence-corrected chi connectivity index (χ2v) is 3.95. The molecule has 0 unspecified atom stereocenters. The van der Waals surface area contributed by atoms with Gasteiger partial charge in [-0.2, -0.15) is 5.10 Å². The fourth-order valence-corrected chi connectivity index (χ4v) is 1.22. The van der Waals surface area contributed by atoms with Crippen molar-refractivity contribution in [3.8, 4) is 0 Å². The first-order chi connectivity index (χ1) is 7.63. The lowest BCUT2D eigenvalue weighted by Crippen LogP contribution is -2.15. The van der Waals surface area contributed by atoms with Gasteiger partial charge in [0.25, 0.3) is 0 Å². The van der Waals surface area contributed by atoms with Crippen molar-refractivity contribution < 1.29 is 9.53 Å². The summed E-state index contributed by atoms with van der Waals surface area (Å²) in [6.45, 7) is 3.71. The fourth-order valence-electron chi connectivity index (χ4n) is 0.954. The smallest absolute Gasteiger partial charge is 0.354 e. The minimum Gasteiger partial charge on any atom is -0.461 e. The molecule has 0 aliphatic rings. The normalized spacial score (nSPS) is 10.4. The Morgan fingerprint density at radius 3 is 2.53 bits per heavy atom. The number of carbonyl (C=O) groups is 1. The zero-order valence-corrected chi connectivity index (χ0v) is 12.0. The third-order valence-electron chi connectivity index (χ3n) is 1.77. The van der Waals surface area contributed by atoms with E-state index in [1.165, 1.54) is 0 Å². The lowest BCUT2D eigenvalue weighted by Gasteiger charge is -2.03. The summed E-state index contributed by atoms with van der Waals surface area (Å²) in [5.74, 6) is -0.410. The SMILES string of the molecule is CCOC(=O)C(C)=NNc1ccc(Br)cc1.Cl. The van der Waals surface area contributed by atoms with E-state index in [-0.39, 0.29) is 12.4 Å². The van der Waals surface area contributed by atoms with Crippen molar-refractivity contribution in [1.29, 1.82) is 0 Å². The van der Waals surface area contributed by atoms with Crippen molar-refractivity contribution in [3.05, 3.63) is 28.7 Å². The van der Waals surface area contributed by atoms with Gasteiger partial charge in [0.2, 0.25) is 0 Å². The summed E-state index contributed by atoms with van der Waals surface area (Å²) >= 11 is 3.33. The predicted molar refractivity (Wildman–Crippen MR) is 74.8 cm³/mol. The number of nitrogens with zero attached hydrogens (tertiary/aromatic N) is 1. The predicted octanol–water partition coefficient (Wildman–Crippen LogP) is 3.22. The van der Waals surface area contributed by atoms with Crippen molar-refractivity contribution in [2.75, 3.05) is 12.0 Å². The maximum atomic E-state index is 11.2.